The van der Waals surface area contributed by atoms with Crippen LogP contribution in [-0.4, -0.2) is 49.2 Å². The number of nitrogens with one attached hydrogen (secondary N) is 1. The number of nitro groups is 1. The number of hydrogen-bond donors (Lipinski definition) is 1. The molecule has 0 aliphatic heterocycles. The number of rotatable bonds is 14. The molecule has 0 saturated carbocycles. The highest BCUT2D eigenvalue weighted by Crippen LogP contribution is 2.28. The molecule has 0 saturated heterocycles. The molecule has 0 spiro atoms. The van der Waals surface area contributed by atoms with Crippen molar-refractivity contribution in [2.45, 2.75) is 37.2 Å². The van der Waals surface area contributed by atoms with E-state index in [2.05, 4.69) is 5.32 Å². The van der Waals surface area contributed by atoms with Gasteiger partial charge in [-0.1, -0.05) is 85.3 Å². The molecule has 4 aromatic rings. The summed E-state index contributed by atoms with van der Waals surface area (Å²) in [6.07, 6.45) is 0.836. The first-order valence-corrected chi connectivity index (χ1v) is 16.1. The van der Waals surface area contributed by atoms with Gasteiger partial charge in [-0.2, -0.15) is 0 Å². The molecule has 4 aromatic carbocycles. The molecule has 0 bridgehead atoms. The van der Waals surface area contributed by atoms with Gasteiger partial charge in [-0.3, -0.25) is 24.0 Å². The number of hydrogen-bond acceptors (Lipinski definition) is 6. The van der Waals surface area contributed by atoms with Crippen molar-refractivity contribution >= 4 is 44.8 Å². The zero-order valence-corrected chi connectivity index (χ0v) is 26.2. The van der Waals surface area contributed by atoms with Gasteiger partial charge in [0.1, 0.15) is 12.6 Å². The van der Waals surface area contributed by atoms with E-state index < -0.39 is 39.3 Å². The number of halogens is 1. The van der Waals surface area contributed by atoms with E-state index in [0.29, 0.717) is 23.6 Å². The van der Waals surface area contributed by atoms with Crippen LogP contribution in [0.25, 0.3) is 0 Å². The number of sulfonamides is 1. The van der Waals surface area contributed by atoms with Crippen molar-refractivity contribution < 1.29 is 22.9 Å². The largest absolute Gasteiger partial charge is 0.354 e. The Balaban J connectivity index is 1.81. The molecule has 45 heavy (non-hydrogen) atoms. The number of carbonyl (C=O) groups excluding carboxylic acids is 2. The summed E-state index contributed by atoms with van der Waals surface area (Å²) in [6, 6.07) is 27.6. The second kappa shape index (κ2) is 15.3. The lowest BCUT2D eigenvalue weighted by Crippen LogP contribution is -2.53. The molecule has 0 fully saturated rings. The SMILES string of the molecule is CCCNC(=O)[C@@H](Cc1ccccc1)N(Cc1ccc(Cl)cc1)C(=O)CN(c1cccc([N+](=O)[O-])c1)S(=O)(=O)c1ccccc1. The van der Waals surface area contributed by atoms with Gasteiger partial charge in [0.25, 0.3) is 15.7 Å². The van der Waals surface area contributed by atoms with Gasteiger partial charge in [0.15, 0.2) is 0 Å². The fourth-order valence-electron chi connectivity index (χ4n) is 4.72. The van der Waals surface area contributed by atoms with Crippen molar-refractivity contribution in [3.63, 3.8) is 0 Å². The molecule has 4 rings (SSSR count). The van der Waals surface area contributed by atoms with Gasteiger partial charge in [0, 0.05) is 36.7 Å². The summed E-state index contributed by atoms with van der Waals surface area (Å²) in [5.41, 5.74) is 1.06. The highest BCUT2D eigenvalue weighted by Gasteiger charge is 2.35. The Kier molecular flexibility index (Phi) is 11.3. The summed E-state index contributed by atoms with van der Waals surface area (Å²) in [5.74, 6) is -1.07. The first-order valence-electron chi connectivity index (χ1n) is 14.3. The standard InChI is InChI=1S/C33H33ClN4O6S/c1-2-20-35-33(40)31(21-25-10-5-3-6-11-25)36(23-26-16-18-27(34)19-17-26)32(39)24-37(28-12-9-13-29(22-28)38(41)42)45(43,44)30-14-7-4-8-15-30/h3-19,22,31H,2,20-21,23-24H2,1H3,(H,35,40)/t31-/m1/s1. The average molecular weight is 649 g/mol. The van der Waals surface area contributed by atoms with Gasteiger partial charge in [-0.05, 0) is 47.9 Å². The Morgan fingerprint density at radius 1 is 0.889 bits per heavy atom. The lowest BCUT2D eigenvalue weighted by Gasteiger charge is -2.34. The number of amides is 2. The number of non-ortho nitro benzene ring substituents is 1. The van der Waals surface area contributed by atoms with Gasteiger partial charge in [0.2, 0.25) is 11.8 Å². The topological polar surface area (TPSA) is 130 Å². The molecule has 0 aliphatic rings. The second-order valence-corrected chi connectivity index (χ2v) is 12.5. The molecular formula is C33H33ClN4O6S. The number of anilines is 1. The van der Waals surface area contributed by atoms with Crippen LogP contribution in [-0.2, 0) is 32.6 Å². The van der Waals surface area contributed by atoms with E-state index in [-0.39, 0.29) is 29.2 Å². The quantitative estimate of drug-likeness (QED) is 0.140. The monoisotopic (exact) mass is 648 g/mol. The van der Waals surface area contributed by atoms with Crippen LogP contribution >= 0.6 is 11.6 Å². The fraction of sp³-hybridized carbons (Fsp3) is 0.212. The van der Waals surface area contributed by atoms with E-state index in [1.807, 2.05) is 37.3 Å². The third-order valence-electron chi connectivity index (χ3n) is 7.03. The average Bonchev–Trinajstić information content (AvgIpc) is 3.05. The van der Waals surface area contributed by atoms with E-state index in [0.717, 1.165) is 15.9 Å². The minimum absolute atomic E-state index is 0.0266. The number of benzene rings is 4. The lowest BCUT2D eigenvalue weighted by atomic mass is 10.0. The van der Waals surface area contributed by atoms with Crippen molar-refractivity contribution in [2.24, 2.45) is 0 Å². The van der Waals surface area contributed by atoms with Gasteiger partial charge >= 0.3 is 0 Å². The third kappa shape index (κ3) is 8.68. The molecule has 0 unspecified atom stereocenters. The minimum atomic E-state index is -4.38. The fourth-order valence-corrected chi connectivity index (χ4v) is 6.27. The molecule has 2 amide bonds. The van der Waals surface area contributed by atoms with Crippen LogP contribution in [0.15, 0.2) is 114 Å². The van der Waals surface area contributed by atoms with Gasteiger partial charge in [0.05, 0.1) is 15.5 Å². The highest BCUT2D eigenvalue weighted by atomic mass is 35.5. The second-order valence-electron chi connectivity index (χ2n) is 10.2. The summed E-state index contributed by atoms with van der Waals surface area (Å²) in [6.45, 7) is 1.54. The Morgan fingerprint density at radius 3 is 2.16 bits per heavy atom. The summed E-state index contributed by atoms with van der Waals surface area (Å²) >= 11 is 6.10. The summed E-state index contributed by atoms with van der Waals surface area (Å²) < 4.78 is 28.8. The molecule has 0 radical (unpaired) electrons. The number of nitro benzene ring substituents is 1. The Labute approximate surface area is 267 Å². The molecule has 1 N–H and O–H groups in total. The molecule has 234 valence electrons. The lowest BCUT2D eigenvalue weighted by molar-refractivity contribution is -0.384. The molecular weight excluding hydrogens is 616 g/mol. The van der Waals surface area contributed by atoms with E-state index in [1.165, 1.54) is 35.2 Å². The first kappa shape index (κ1) is 33.2. The van der Waals surface area contributed by atoms with Crippen LogP contribution in [0.5, 0.6) is 0 Å². The summed E-state index contributed by atoms with van der Waals surface area (Å²) in [5, 5.41) is 15.0. The van der Waals surface area contributed by atoms with E-state index in [1.54, 1.807) is 42.5 Å². The maximum absolute atomic E-state index is 14.4. The smallest absolute Gasteiger partial charge is 0.271 e. The normalized spacial score (nSPS) is 11.8. The van der Waals surface area contributed by atoms with Gasteiger partial charge in [-0.25, -0.2) is 8.42 Å². The van der Waals surface area contributed by atoms with Crippen LogP contribution in [0.1, 0.15) is 24.5 Å². The molecule has 12 heteroatoms. The van der Waals surface area contributed by atoms with Crippen molar-refractivity contribution in [1.29, 1.82) is 0 Å². The summed E-state index contributed by atoms with van der Waals surface area (Å²) in [7, 11) is -4.38. The van der Waals surface area contributed by atoms with Crippen molar-refractivity contribution in [1.82, 2.24) is 10.2 Å². The first-order chi connectivity index (χ1) is 21.6. The van der Waals surface area contributed by atoms with Crippen LogP contribution < -0.4 is 9.62 Å². The molecule has 10 nitrogen and oxygen atoms in total. The molecule has 0 aromatic heterocycles. The maximum atomic E-state index is 14.4. The third-order valence-corrected chi connectivity index (χ3v) is 9.07. The predicted octanol–water partition coefficient (Wildman–Crippen LogP) is 5.61. The van der Waals surface area contributed by atoms with E-state index in [4.69, 9.17) is 11.6 Å². The predicted molar refractivity (Wildman–Crippen MR) is 173 cm³/mol. The van der Waals surface area contributed by atoms with Gasteiger partial charge in [-0.15, -0.1) is 0 Å². The Hall–Kier alpha value is -4.74. The van der Waals surface area contributed by atoms with Crippen LogP contribution in [0.4, 0.5) is 11.4 Å². The number of nitrogens with zero attached hydrogens (tertiary/aromatic N) is 3. The Morgan fingerprint density at radius 2 is 1.53 bits per heavy atom. The minimum Gasteiger partial charge on any atom is -0.354 e. The van der Waals surface area contributed by atoms with Crippen molar-refractivity contribution in [2.75, 3.05) is 17.4 Å². The Bertz CT molecular complexity index is 1720. The van der Waals surface area contributed by atoms with Crippen LogP contribution in [0.2, 0.25) is 5.02 Å². The van der Waals surface area contributed by atoms with Crippen molar-refractivity contribution in [3.05, 3.63) is 135 Å². The van der Waals surface area contributed by atoms with E-state index in [9.17, 15) is 28.1 Å². The molecule has 0 aliphatic carbocycles. The molecule has 1 atom stereocenters. The van der Waals surface area contributed by atoms with Crippen molar-refractivity contribution in [3.8, 4) is 0 Å². The van der Waals surface area contributed by atoms with Crippen LogP contribution in [0.3, 0.4) is 0 Å². The zero-order chi connectivity index (χ0) is 32.4. The summed E-state index contributed by atoms with van der Waals surface area (Å²) in [4.78, 5) is 40.2. The van der Waals surface area contributed by atoms with Gasteiger partial charge < -0.3 is 10.2 Å². The van der Waals surface area contributed by atoms with E-state index >= 15 is 0 Å². The maximum Gasteiger partial charge on any atom is 0.271 e. The molecule has 0 heterocycles. The van der Waals surface area contributed by atoms with Crippen LogP contribution in [0, 0.1) is 10.1 Å². The highest BCUT2D eigenvalue weighted by molar-refractivity contribution is 7.92. The zero-order valence-electron chi connectivity index (χ0n) is 24.6. The number of carbonyl (C=O) groups is 2.